The van der Waals surface area contributed by atoms with Crippen LogP contribution in [0.4, 0.5) is 0 Å². The Morgan fingerprint density at radius 1 is 1.57 bits per heavy atom. The first-order chi connectivity index (χ1) is 10.1. The van der Waals surface area contributed by atoms with Crippen LogP contribution in [0.15, 0.2) is 22.8 Å². The Morgan fingerprint density at radius 2 is 2.38 bits per heavy atom. The lowest BCUT2D eigenvalue weighted by Gasteiger charge is -2.33. The molecule has 7 heteroatoms. The third kappa shape index (κ3) is 4.05. The van der Waals surface area contributed by atoms with Crippen LogP contribution < -0.4 is 5.32 Å². The molecule has 2 rings (SSSR count). The third-order valence-corrected chi connectivity index (χ3v) is 3.41. The van der Waals surface area contributed by atoms with Crippen LogP contribution in [0.25, 0.3) is 0 Å². The van der Waals surface area contributed by atoms with E-state index in [1.54, 1.807) is 23.3 Å². The fourth-order valence-corrected chi connectivity index (χ4v) is 2.26. The second-order valence-electron chi connectivity index (χ2n) is 4.89. The van der Waals surface area contributed by atoms with E-state index >= 15 is 0 Å². The minimum absolute atomic E-state index is 0.119. The Kier molecular flexibility index (Phi) is 5.35. The molecule has 1 aromatic heterocycles. The maximum atomic E-state index is 12.1. The van der Waals surface area contributed by atoms with Crippen LogP contribution in [0.1, 0.15) is 18.7 Å². The predicted molar refractivity (Wildman–Crippen MR) is 73.5 cm³/mol. The van der Waals surface area contributed by atoms with Gasteiger partial charge in [0.1, 0.15) is 11.8 Å². The molecular formula is C14H20N2O5. The van der Waals surface area contributed by atoms with Crippen LogP contribution >= 0.6 is 0 Å². The summed E-state index contributed by atoms with van der Waals surface area (Å²) in [5, 5.41) is 2.84. The molecule has 1 amide bonds. The number of amides is 1. The molecule has 0 spiro atoms. The summed E-state index contributed by atoms with van der Waals surface area (Å²) in [4.78, 5) is 25.5. The molecule has 0 radical (unpaired) electrons. The number of esters is 1. The maximum Gasteiger partial charge on any atom is 0.325 e. The first-order valence-electron chi connectivity index (χ1n) is 6.84. The van der Waals surface area contributed by atoms with E-state index in [0.29, 0.717) is 18.9 Å². The molecule has 1 aliphatic rings. The second kappa shape index (κ2) is 7.24. The van der Waals surface area contributed by atoms with Crippen molar-refractivity contribution in [3.8, 4) is 0 Å². The lowest BCUT2D eigenvalue weighted by Crippen LogP contribution is -2.53. The minimum atomic E-state index is -0.534. The smallest absolute Gasteiger partial charge is 0.325 e. The van der Waals surface area contributed by atoms with Gasteiger partial charge >= 0.3 is 5.97 Å². The molecule has 0 aromatic carbocycles. The Balaban J connectivity index is 1.89. The fraction of sp³-hybridized carbons (Fsp3) is 0.571. The highest BCUT2D eigenvalue weighted by Crippen LogP contribution is 2.13. The van der Waals surface area contributed by atoms with Gasteiger partial charge in [-0.25, -0.2) is 0 Å². The molecule has 7 nitrogen and oxygen atoms in total. The molecule has 116 valence electrons. The topological polar surface area (TPSA) is 81.0 Å². The molecular weight excluding hydrogens is 276 g/mol. The van der Waals surface area contributed by atoms with Crippen molar-refractivity contribution in [2.75, 3.05) is 33.4 Å². The number of morpholine rings is 1. The molecule has 1 aromatic rings. The first kappa shape index (κ1) is 15.5. The molecule has 21 heavy (non-hydrogen) atoms. The number of carbonyl (C=O) groups excluding carboxylic acids is 2. The van der Waals surface area contributed by atoms with Gasteiger partial charge in [0.2, 0.25) is 5.91 Å². The summed E-state index contributed by atoms with van der Waals surface area (Å²) in [6.07, 6.45) is 1.56. The summed E-state index contributed by atoms with van der Waals surface area (Å²) in [5.41, 5.74) is 0. The maximum absolute atomic E-state index is 12.1. The average molecular weight is 296 g/mol. The van der Waals surface area contributed by atoms with Gasteiger partial charge < -0.3 is 19.2 Å². The highest BCUT2D eigenvalue weighted by molar-refractivity contribution is 5.81. The lowest BCUT2D eigenvalue weighted by atomic mass is 10.2. The van der Waals surface area contributed by atoms with Crippen molar-refractivity contribution in [1.82, 2.24) is 10.2 Å². The van der Waals surface area contributed by atoms with E-state index < -0.39 is 6.04 Å². The van der Waals surface area contributed by atoms with Gasteiger partial charge in [0.25, 0.3) is 0 Å². The number of hydrogen-bond acceptors (Lipinski definition) is 6. The van der Waals surface area contributed by atoms with Crippen LogP contribution in [0.5, 0.6) is 0 Å². The predicted octanol–water partition coefficient (Wildman–Crippen LogP) is 0.331. The normalized spacial score (nSPS) is 20.8. The van der Waals surface area contributed by atoms with Gasteiger partial charge in [-0.1, -0.05) is 0 Å². The monoisotopic (exact) mass is 296 g/mol. The number of ether oxygens (including phenoxy) is 2. The Labute approximate surface area is 123 Å². The van der Waals surface area contributed by atoms with Crippen LogP contribution in [0, 0.1) is 0 Å². The third-order valence-electron chi connectivity index (χ3n) is 3.41. The molecule has 2 unspecified atom stereocenters. The van der Waals surface area contributed by atoms with Gasteiger partial charge in [-0.3, -0.25) is 14.5 Å². The molecule has 1 saturated heterocycles. The standard InChI is InChI=1S/C14H20N2O5/c1-10(12-4-3-6-21-12)15-13(17)8-16-5-7-20-9-11(16)14(18)19-2/h3-4,6,10-11H,5,7-9H2,1-2H3,(H,15,17). The summed E-state index contributed by atoms with van der Waals surface area (Å²) in [7, 11) is 1.33. The zero-order valence-corrected chi connectivity index (χ0v) is 12.2. The highest BCUT2D eigenvalue weighted by atomic mass is 16.5. The number of carbonyl (C=O) groups is 2. The summed E-state index contributed by atoms with van der Waals surface area (Å²) in [6, 6.07) is 2.82. The van der Waals surface area contributed by atoms with Gasteiger partial charge in [-0.15, -0.1) is 0 Å². The first-order valence-corrected chi connectivity index (χ1v) is 6.84. The molecule has 1 N–H and O–H groups in total. The Bertz CT molecular complexity index is 474. The van der Waals surface area contributed by atoms with E-state index in [9.17, 15) is 9.59 Å². The van der Waals surface area contributed by atoms with E-state index in [1.165, 1.54) is 7.11 Å². The Hall–Kier alpha value is -1.86. The van der Waals surface area contributed by atoms with Crippen LogP contribution in [0.2, 0.25) is 0 Å². The van der Waals surface area contributed by atoms with Gasteiger partial charge in [-0.05, 0) is 19.1 Å². The largest absolute Gasteiger partial charge is 0.468 e. The fourth-order valence-electron chi connectivity index (χ4n) is 2.26. The van der Waals surface area contributed by atoms with Crippen molar-refractivity contribution in [3.05, 3.63) is 24.2 Å². The van der Waals surface area contributed by atoms with Crippen LogP contribution in [-0.4, -0.2) is 56.2 Å². The van der Waals surface area contributed by atoms with Gasteiger partial charge in [0, 0.05) is 6.54 Å². The van der Waals surface area contributed by atoms with E-state index in [-0.39, 0.29) is 31.1 Å². The number of nitrogens with zero attached hydrogens (tertiary/aromatic N) is 1. The number of rotatable bonds is 5. The second-order valence-corrected chi connectivity index (χ2v) is 4.89. The Morgan fingerprint density at radius 3 is 3.05 bits per heavy atom. The zero-order chi connectivity index (χ0) is 15.2. The molecule has 2 atom stereocenters. The van der Waals surface area contributed by atoms with Crippen molar-refractivity contribution in [2.45, 2.75) is 19.0 Å². The number of furan rings is 1. The van der Waals surface area contributed by atoms with Gasteiger partial charge in [0.15, 0.2) is 0 Å². The zero-order valence-electron chi connectivity index (χ0n) is 12.2. The van der Waals surface area contributed by atoms with Crippen LogP contribution in [0.3, 0.4) is 0 Å². The van der Waals surface area contributed by atoms with Gasteiger partial charge in [0.05, 0.1) is 39.2 Å². The SMILES string of the molecule is COC(=O)C1COCCN1CC(=O)NC(C)c1ccco1. The molecule has 1 aliphatic heterocycles. The van der Waals surface area contributed by atoms with Crippen molar-refractivity contribution in [1.29, 1.82) is 0 Å². The molecule has 0 aliphatic carbocycles. The molecule has 2 heterocycles. The average Bonchev–Trinajstić information content (AvgIpc) is 3.01. The molecule has 0 bridgehead atoms. The number of hydrogen-bond donors (Lipinski definition) is 1. The summed E-state index contributed by atoms with van der Waals surface area (Å²) >= 11 is 0. The molecule has 0 saturated carbocycles. The van der Waals surface area contributed by atoms with Crippen LogP contribution in [-0.2, 0) is 19.1 Å². The number of methoxy groups -OCH3 is 1. The van der Waals surface area contributed by atoms with Crippen molar-refractivity contribution < 1.29 is 23.5 Å². The molecule has 1 fully saturated rings. The quantitative estimate of drug-likeness (QED) is 0.789. The lowest BCUT2D eigenvalue weighted by molar-refractivity contribution is -0.154. The highest BCUT2D eigenvalue weighted by Gasteiger charge is 2.31. The van der Waals surface area contributed by atoms with Crippen molar-refractivity contribution in [2.24, 2.45) is 0 Å². The summed E-state index contributed by atoms with van der Waals surface area (Å²) < 4.78 is 15.2. The van der Waals surface area contributed by atoms with E-state index in [1.807, 2.05) is 6.92 Å². The summed E-state index contributed by atoms with van der Waals surface area (Å²) in [6.45, 7) is 3.21. The number of nitrogens with one attached hydrogen (secondary N) is 1. The van der Waals surface area contributed by atoms with E-state index in [0.717, 1.165) is 0 Å². The summed E-state index contributed by atoms with van der Waals surface area (Å²) in [5.74, 6) is 0.131. The van der Waals surface area contributed by atoms with E-state index in [4.69, 9.17) is 13.9 Å². The van der Waals surface area contributed by atoms with Gasteiger partial charge in [-0.2, -0.15) is 0 Å². The van der Waals surface area contributed by atoms with Crippen molar-refractivity contribution >= 4 is 11.9 Å². The minimum Gasteiger partial charge on any atom is -0.468 e. The van der Waals surface area contributed by atoms with Crippen molar-refractivity contribution in [3.63, 3.8) is 0 Å². The van der Waals surface area contributed by atoms with E-state index in [2.05, 4.69) is 5.32 Å².